The smallest absolute Gasteiger partial charge is 0.257 e. The summed E-state index contributed by atoms with van der Waals surface area (Å²) >= 11 is 5.12. The van der Waals surface area contributed by atoms with E-state index in [-0.39, 0.29) is 5.11 Å². The molecule has 25 heavy (non-hydrogen) atoms. The van der Waals surface area contributed by atoms with E-state index in [0.717, 1.165) is 17.9 Å². The van der Waals surface area contributed by atoms with Gasteiger partial charge < -0.3 is 10.1 Å². The highest BCUT2D eigenvalue weighted by Gasteiger charge is 2.08. The molecule has 0 fully saturated rings. The standard InChI is InChI=1S/C19H21FN2O2S/c1-13(2)11-12-24-17-9-7-16(8-10-17)21-19(25)22-18(23)14-3-5-15(20)6-4-14/h3-10,13H,11-12H2,1-2H3,(H2,21,22,23,25). The molecule has 2 N–H and O–H groups in total. The zero-order chi connectivity index (χ0) is 18.2. The van der Waals surface area contributed by atoms with Crippen LogP contribution in [-0.4, -0.2) is 17.6 Å². The van der Waals surface area contributed by atoms with Gasteiger partial charge in [0, 0.05) is 11.3 Å². The van der Waals surface area contributed by atoms with Gasteiger partial charge in [-0.05, 0) is 73.1 Å². The third kappa shape index (κ3) is 6.51. The van der Waals surface area contributed by atoms with Gasteiger partial charge in [0.25, 0.3) is 5.91 Å². The Balaban J connectivity index is 1.83. The Bertz CT molecular complexity index is 715. The van der Waals surface area contributed by atoms with Crippen LogP contribution in [0.1, 0.15) is 30.6 Å². The number of nitrogens with one attached hydrogen (secondary N) is 2. The van der Waals surface area contributed by atoms with Gasteiger partial charge >= 0.3 is 0 Å². The predicted octanol–water partition coefficient (Wildman–Crippen LogP) is 4.38. The first-order valence-electron chi connectivity index (χ1n) is 8.05. The normalized spacial score (nSPS) is 10.4. The summed E-state index contributed by atoms with van der Waals surface area (Å²) in [6.45, 7) is 4.98. The Morgan fingerprint density at radius 1 is 1.12 bits per heavy atom. The molecule has 2 rings (SSSR count). The second kappa shape index (κ2) is 9.13. The van der Waals surface area contributed by atoms with Crippen molar-refractivity contribution >= 4 is 28.9 Å². The first-order valence-corrected chi connectivity index (χ1v) is 8.45. The molecule has 0 aliphatic heterocycles. The molecule has 1 amide bonds. The van der Waals surface area contributed by atoms with Crippen molar-refractivity contribution in [2.24, 2.45) is 5.92 Å². The van der Waals surface area contributed by atoms with Crippen molar-refractivity contribution in [2.45, 2.75) is 20.3 Å². The number of hydrogen-bond acceptors (Lipinski definition) is 3. The Kier molecular flexibility index (Phi) is 6.89. The van der Waals surface area contributed by atoms with Crippen LogP contribution in [0, 0.1) is 11.7 Å². The Labute approximate surface area is 152 Å². The van der Waals surface area contributed by atoms with E-state index in [9.17, 15) is 9.18 Å². The molecule has 0 saturated carbocycles. The first-order chi connectivity index (χ1) is 11.9. The number of carbonyl (C=O) groups excluding carboxylic acids is 1. The van der Waals surface area contributed by atoms with Crippen LogP contribution in [-0.2, 0) is 0 Å². The number of anilines is 1. The molecule has 0 bridgehead atoms. The van der Waals surface area contributed by atoms with E-state index in [1.807, 2.05) is 24.3 Å². The number of ether oxygens (including phenoxy) is 1. The maximum Gasteiger partial charge on any atom is 0.257 e. The minimum Gasteiger partial charge on any atom is -0.494 e. The van der Waals surface area contributed by atoms with Crippen LogP contribution in [0.5, 0.6) is 5.75 Å². The fourth-order valence-corrected chi connectivity index (χ4v) is 2.20. The summed E-state index contributed by atoms with van der Waals surface area (Å²) in [6, 6.07) is 12.6. The first kappa shape index (κ1) is 18.9. The topological polar surface area (TPSA) is 50.4 Å². The van der Waals surface area contributed by atoms with Gasteiger partial charge in [-0.1, -0.05) is 13.8 Å². The number of amides is 1. The molecule has 6 heteroatoms. The molecule has 0 aliphatic carbocycles. The van der Waals surface area contributed by atoms with E-state index in [1.165, 1.54) is 24.3 Å². The third-order valence-electron chi connectivity index (χ3n) is 3.41. The number of thiocarbonyl (C=S) groups is 1. The summed E-state index contributed by atoms with van der Waals surface area (Å²) in [4.78, 5) is 12.0. The van der Waals surface area contributed by atoms with Gasteiger partial charge in [0.15, 0.2) is 5.11 Å². The molecule has 0 aliphatic rings. The fraction of sp³-hybridized carbons (Fsp3) is 0.263. The summed E-state index contributed by atoms with van der Waals surface area (Å²) in [5.41, 5.74) is 1.07. The van der Waals surface area contributed by atoms with Crippen molar-refractivity contribution in [3.8, 4) is 5.75 Å². The van der Waals surface area contributed by atoms with Crippen LogP contribution in [0.4, 0.5) is 10.1 Å². The largest absolute Gasteiger partial charge is 0.494 e. The average molecular weight is 360 g/mol. The number of halogens is 1. The highest BCUT2D eigenvalue weighted by molar-refractivity contribution is 7.80. The minimum absolute atomic E-state index is 0.169. The summed E-state index contributed by atoms with van der Waals surface area (Å²) in [7, 11) is 0. The number of rotatable bonds is 6. The SMILES string of the molecule is CC(C)CCOc1ccc(NC(=S)NC(=O)c2ccc(F)cc2)cc1. The quantitative estimate of drug-likeness (QED) is 0.751. The maximum absolute atomic E-state index is 12.9. The van der Waals surface area contributed by atoms with Crippen molar-refractivity contribution < 1.29 is 13.9 Å². The lowest BCUT2D eigenvalue weighted by atomic mass is 10.1. The van der Waals surface area contributed by atoms with Crippen molar-refractivity contribution in [2.75, 3.05) is 11.9 Å². The highest BCUT2D eigenvalue weighted by atomic mass is 32.1. The lowest BCUT2D eigenvalue weighted by molar-refractivity contribution is 0.0977. The molecule has 2 aromatic rings. The van der Waals surface area contributed by atoms with Gasteiger partial charge in [-0.15, -0.1) is 0 Å². The van der Waals surface area contributed by atoms with Crippen molar-refractivity contribution in [1.82, 2.24) is 5.32 Å². The van der Waals surface area contributed by atoms with E-state index in [0.29, 0.717) is 18.1 Å². The van der Waals surface area contributed by atoms with Crippen LogP contribution in [0.25, 0.3) is 0 Å². The number of hydrogen-bond donors (Lipinski definition) is 2. The van der Waals surface area contributed by atoms with Crippen LogP contribution in [0.3, 0.4) is 0 Å². The van der Waals surface area contributed by atoms with Crippen molar-refractivity contribution in [3.63, 3.8) is 0 Å². The molecule has 0 radical (unpaired) electrons. The van der Waals surface area contributed by atoms with E-state index in [2.05, 4.69) is 24.5 Å². The molecular formula is C19H21FN2O2S. The minimum atomic E-state index is -0.397. The van der Waals surface area contributed by atoms with Crippen molar-refractivity contribution in [1.29, 1.82) is 0 Å². The van der Waals surface area contributed by atoms with Crippen LogP contribution < -0.4 is 15.4 Å². The second-order valence-corrected chi connectivity index (χ2v) is 6.38. The predicted molar refractivity (Wildman–Crippen MR) is 101 cm³/mol. The van der Waals surface area contributed by atoms with Crippen LogP contribution in [0.2, 0.25) is 0 Å². The number of benzene rings is 2. The molecule has 4 nitrogen and oxygen atoms in total. The fourth-order valence-electron chi connectivity index (χ4n) is 1.99. The molecule has 0 atom stereocenters. The van der Waals surface area contributed by atoms with Gasteiger partial charge in [-0.25, -0.2) is 4.39 Å². The van der Waals surface area contributed by atoms with Gasteiger partial charge in [0.2, 0.25) is 0 Å². The second-order valence-electron chi connectivity index (χ2n) is 5.97. The zero-order valence-electron chi connectivity index (χ0n) is 14.2. The summed E-state index contributed by atoms with van der Waals surface area (Å²) in [6.07, 6.45) is 1.000. The molecule has 0 unspecified atom stereocenters. The summed E-state index contributed by atoms with van der Waals surface area (Å²) in [5.74, 6) is 0.592. The van der Waals surface area contributed by atoms with Gasteiger partial charge in [-0.2, -0.15) is 0 Å². The highest BCUT2D eigenvalue weighted by Crippen LogP contribution is 2.16. The molecule has 0 aromatic heterocycles. The summed E-state index contributed by atoms with van der Waals surface area (Å²) in [5, 5.41) is 5.65. The maximum atomic E-state index is 12.9. The molecule has 2 aromatic carbocycles. The molecular weight excluding hydrogens is 339 g/mol. The van der Waals surface area contributed by atoms with E-state index >= 15 is 0 Å². The zero-order valence-corrected chi connectivity index (χ0v) is 15.0. The molecule has 0 saturated heterocycles. The number of carbonyl (C=O) groups is 1. The van der Waals surface area contributed by atoms with Crippen molar-refractivity contribution in [3.05, 3.63) is 59.9 Å². The Hall–Kier alpha value is -2.47. The lowest BCUT2D eigenvalue weighted by Gasteiger charge is -2.11. The third-order valence-corrected chi connectivity index (χ3v) is 3.61. The lowest BCUT2D eigenvalue weighted by Crippen LogP contribution is -2.34. The van der Waals surface area contributed by atoms with E-state index < -0.39 is 11.7 Å². The van der Waals surface area contributed by atoms with Gasteiger partial charge in [-0.3, -0.25) is 10.1 Å². The Morgan fingerprint density at radius 3 is 2.36 bits per heavy atom. The van der Waals surface area contributed by atoms with Gasteiger partial charge in [0.1, 0.15) is 11.6 Å². The molecule has 0 heterocycles. The molecule has 132 valence electrons. The van der Waals surface area contributed by atoms with Gasteiger partial charge in [0.05, 0.1) is 6.61 Å². The molecule has 0 spiro atoms. The van der Waals surface area contributed by atoms with E-state index in [1.54, 1.807) is 0 Å². The van der Waals surface area contributed by atoms with Crippen LogP contribution >= 0.6 is 12.2 Å². The Morgan fingerprint density at radius 2 is 1.76 bits per heavy atom. The summed E-state index contributed by atoms with van der Waals surface area (Å²) < 4.78 is 18.5. The monoisotopic (exact) mass is 360 g/mol. The van der Waals surface area contributed by atoms with Crippen LogP contribution in [0.15, 0.2) is 48.5 Å². The van der Waals surface area contributed by atoms with E-state index in [4.69, 9.17) is 17.0 Å². The average Bonchev–Trinajstić information content (AvgIpc) is 2.56.